The first kappa shape index (κ1) is 6.86. The van der Waals surface area contributed by atoms with Crippen molar-refractivity contribution in [1.82, 2.24) is 5.32 Å². The van der Waals surface area contributed by atoms with E-state index >= 15 is 0 Å². The molecule has 1 N–H and O–H groups in total. The molecule has 58 valence electrons. The number of rotatable bonds is 2. The van der Waals surface area contributed by atoms with Crippen LogP contribution in [0.1, 0.15) is 12.0 Å². The van der Waals surface area contributed by atoms with E-state index in [2.05, 4.69) is 35.6 Å². The summed E-state index contributed by atoms with van der Waals surface area (Å²) in [5, 5.41) is 3.39. The molecule has 1 atom stereocenters. The van der Waals surface area contributed by atoms with Crippen LogP contribution in [0, 0.1) is 0 Å². The molecule has 1 saturated heterocycles. The Balaban J connectivity index is 1.95. The zero-order chi connectivity index (χ0) is 7.52. The van der Waals surface area contributed by atoms with E-state index in [1.165, 1.54) is 24.9 Å². The topological polar surface area (TPSA) is 12.0 Å². The minimum absolute atomic E-state index is 0.748. The van der Waals surface area contributed by atoms with Crippen LogP contribution in [-0.2, 0) is 6.42 Å². The Morgan fingerprint density at radius 1 is 1.27 bits per heavy atom. The summed E-state index contributed by atoms with van der Waals surface area (Å²) in [6.45, 7) is 1.21. The maximum atomic E-state index is 3.39. The van der Waals surface area contributed by atoms with Crippen LogP contribution in [0.25, 0.3) is 0 Å². The van der Waals surface area contributed by atoms with Crippen LogP contribution in [0.2, 0.25) is 0 Å². The van der Waals surface area contributed by atoms with Gasteiger partial charge >= 0.3 is 0 Å². The highest BCUT2D eigenvalue weighted by Gasteiger charge is 2.15. The third-order valence-electron chi connectivity index (χ3n) is 2.25. The molecule has 0 aliphatic carbocycles. The maximum Gasteiger partial charge on any atom is 0.0120 e. The summed E-state index contributed by atoms with van der Waals surface area (Å²) in [4.78, 5) is 0. The molecule has 0 saturated carbocycles. The first-order valence-corrected chi connectivity index (χ1v) is 4.22. The van der Waals surface area contributed by atoms with Gasteiger partial charge in [0.25, 0.3) is 0 Å². The lowest BCUT2D eigenvalue weighted by molar-refractivity contribution is 0.369. The summed E-state index contributed by atoms with van der Waals surface area (Å²) >= 11 is 0. The Kier molecular flexibility index (Phi) is 1.91. The lowest BCUT2D eigenvalue weighted by atomic mass is 9.98. The molecule has 1 fully saturated rings. The van der Waals surface area contributed by atoms with E-state index < -0.39 is 0 Å². The second-order valence-electron chi connectivity index (χ2n) is 3.13. The normalized spacial score (nSPS) is 22.7. The summed E-state index contributed by atoms with van der Waals surface area (Å²) in [6.07, 6.45) is 2.54. The average Bonchev–Trinajstić information content (AvgIpc) is 1.99. The molecule has 0 aromatic heterocycles. The molecular weight excluding hydrogens is 134 g/mol. The van der Waals surface area contributed by atoms with E-state index in [4.69, 9.17) is 0 Å². The second-order valence-corrected chi connectivity index (χ2v) is 3.13. The summed E-state index contributed by atoms with van der Waals surface area (Å²) < 4.78 is 0. The third-order valence-corrected chi connectivity index (χ3v) is 2.25. The molecule has 1 aliphatic heterocycles. The maximum absolute atomic E-state index is 3.39. The standard InChI is InChI=1S/C10H13N/c1-2-4-9(5-3-1)8-10-6-7-11-10/h1-5,10-11H,6-8H2/t10-/m0/s1. The van der Waals surface area contributed by atoms with Gasteiger partial charge in [0.2, 0.25) is 0 Å². The molecule has 0 radical (unpaired) electrons. The predicted molar refractivity (Wildman–Crippen MR) is 46.6 cm³/mol. The summed E-state index contributed by atoms with van der Waals surface area (Å²) in [6, 6.07) is 11.4. The molecule has 0 unspecified atom stereocenters. The van der Waals surface area contributed by atoms with Crippen molar-refractivity contribution in [3.05, 3.63) is 35.9 Å². The Labute approximate surface area is 67.4 Å². The van der Waals surface area contributed by atoms with Crippen LogP contribution in [0.4, 0.5) is 0 Å². The van der Waals surface area contributed by atoms with E-state index in [1.807, 2.05) is 0 Å². The van der Waals surface area contributed by atoms with Crippen LogP contribution in [0.5, 0.6) is 0 Å². The third kappa shape index (κ3) is 1.60. The molecule has 0 amide bonds. The second kappa shape index (κ2) is 3.05. The fraction of sp³-hybridized carbons (Fsp3) is 0.400. The molecule has 11 heavy (non-hydrogen) atoms. The largest absolute Gasteiger partial charge is 0.314 e. The molecule has 1 heterocycles. The fourth-order valence-electron chi connectivity index (χ4n) is 1.42. The number of nitrogens with one attached hydrogen (secondary N) is 1. The van der Waals surface area contributed by atoms with Crippen molar-refractivity contribution in [1.29, 1.82) is 0 Å². The van der Waals surface area contributed by atoms with Crippen molar-refractivity contribution in [3.63, 3.8) is 0 Å². The van der Waals surface area contributed by atoms with Crippen LogP contribution >= 0.6 is 0 Å². The van der Waals surface area contributed by atoms with Gasteiger partial charge in [-0.05, 0) is 24.9 Å². The first-order chi connectivity index (χ1) is 5.45. The van der Waals surface area contributed by atoms with E-state index in [1.54, 1.807) is 0 Å². The summed E-state index contributed by atoms with van der Waals surface area (Å²) in [7, 11) is 0. The van der Waals surface area contributed by atoms with E-state index in [-0.39, 0.29) is 0 Å². The Bertz CT molecular complexity index is 214. The van der Waals surface area contributed by atoms with Crippen molar-refractivity contribution in [2.45, 2.75) is 18.9 Å². The molecule has 1 nitrogen and oxygen atoms in total. The van der Waals surface area contributed by atoms with Gasteiger partial charge in [-0.1, -0.05) is 30.3 Å². The SMILES string of the molecule is c1ccc(C[C@@H]2CCN2)cc1. The van der Waals surface area contributed by atoms with Crippen molar-refractivity contribution in [2.24, 2.45) is 0 Å². The van der Waals surface area contributed by atoms with Gasteiger partial charge in [0, 0.05) is 6.04 Å². The lowest BCUT2D eigenvalue weighted by Crippen LogP contribution is -2.44. The molecule has 0 spiro atoms. The van der Waals surface area contributed by atoms with Crippen molar-refractivity contribution < 1.29 is 0 Å². The molecular formula is C10H13N. The van der Waals surface area contributed by atoms with Crippen LogP contribution in [0.3, 0.4) is 0 Å². The monoisotopic (exact) mass is 147 g/mol. The van der Waals surface area contributed by atoms with Gasteiger partial charge in [0.15, 0.2) is 0 Å². The van der Waals surface area contributed by atoms with Crippen LogP contribution < -0.4 is 5.32 Å². The zero-order valence-corrected chi connectivity index (χ0v) is 6.59. The van der Waals surface area contributed by atoms with Gasteiger partial charge in [-0.3, -0.25) is 0 Å². The molecule has 1 aromatic carbocycles. The van der Waals surface area contributed by atoms with Gasteiger partial charge in [-0.15, -0.1) is 0 Å². The zero-order valence-electron chi connectivity index (χ0n) is 6.59. The molecule has 0 bridgehead atoms. The molecule has 1 aliphatic rings. The highest BCUT2D eigenvalue weighted by atomic mass is 15.0. The van der Waals surface area contributed by atoms with Crippen LogP contribution in [0.15, 0.2) is 30.3 Å². The highest BCUT2D eigenvalue weighted by Crippen LogP contribution is 2.09. The number of hydrogen-bond donors (Lipinski definition) is 1. The first-order valence-electron chi connectivity index (χ1n) is 4.22. The van der Waals surface area contributed by atoms with E-state index in [9.17, 15) is 0 Å². The fourth-order valence-corrected chi connectivity index (χ4v) is 1.42. The summed E-state index contributed by atoms with van der Waals surface area (Å²) in [5.74, 6) is 0. The quantitative estimate of drug-likeness (QED) is 0.670. The summed E-state index contributed by atoms with van der Waals surface area (Å²) in [5.41, 5.74) is 1.45. The van der Waals surface area contributed by atoms with Gasteiger partial charge in [0.05, 0.1) is 0 Å². The minimum atomic E-state index is 0.748. The molecule has 2 rings (SSSR count). The number of benzene rings is 1. The van der Waals surface area contributed by atoms with Crippen molar-refractivity contribution in [2.75, 3.05) is 6.54 Å². The Morgan fingerprint density at radius 2 is 2.00 bits per heavy atom. The van der Waals surface area contributed by atoms with E-state index in [0.29, 0.717) is 0 Å². The van der Waals surface area contributed by atoms with Gasteiger partial charge < -0.3 is 5.32 Å². The molecule has 1 aromatic rings. The van der Waals surface area contributed by atoms with Crippen molar-refractivity contribution >= 4 is 0 Å². The highest BCUT2D eigenvalue weighted by molar-refractivity contribution is 5.16. The van der Waals surface area contributed by atoms with E-state index in [0.717, 1.165) is 6.04 Å². The van der Waals surface area contributed by atoms with Gasteiger partial charge in [0.1, 0.15) is 0 Å². The average molecular weight is 147 g/mol. The number of hydrogen-bond acceptors (Lipinski definition) is 1. The predicted octanol–water partition coefficient (Wildman–Crippen LogP) is 1.59. The Hall–Kier alpha value is -0.820. The lowest BCUT2D eigenvalue weighted by Gasteiger charge is -2.27. The van der Waals surface area contributed by atoms with Gasteiger partial charge in [-0.25, -0.2) is 0 Å². The van der Waals surface area contributed by atoms with Gasteiger partial charge in [-0.2, -0.15) is 0 Å². The Morgan fingerprint density at radius 3 is 2.55 bits per heavy atom. The van der Waals surface area contributed by atoms with Crippen molar-refractivity contribution in [3.8, 4) is 0 Å². The molecule has 1 heteroatoms. The van der Waals surface area contributed by atoms with Crippen LogP contribution in [-0.4, -0.2) is 12.6 Å². The smallest absolute Gasteiger partial charge is 0.0120 e. The minimum Gasteiger partial charge on any atom is -0.314 e.